The Morgan fingerprint density at radius 1 is 1.10 bits per heavy atom. The molecule has 0 aromatic rings. The summed E-state index contributed by atoms with van der Waals surface area (Å²) in [6.07, 6.45) is 9.06. The highest BCUT2D eigenvalue weighted by molar-refractivity contribution is 5.85. The van der Waals surface area contributed by atoms with Gasteiger partial charge in [0.1, 0.15) is 0 Å². The van der Waals surface area contributed by atoms with Crippen LogP contribution in [0.5, 0.6) is 0 Å². The second kappa shape index (κ2) is 10.0. The van der Waals surface area contributed by atoms with E-state index >= 15 is 0 Å². The van der Waals surface area contributed by atoms with Crippen molar-refractivity contribution in [3.05, 3.63) is 0 Å². The molecular weight excluding hydrogens is 290 g/mol. The fourth-order valence-corrected chi connectivity index (χ4v) is 3.05. The van der Waals surface area contributed by atoms with E-state index in [0.717, 1.165) is 6.54 Å². The first-order valence-electron chi connectivity index (χ1n) is 8.03. The number of piperidine rings is 1. The largest absolute Gasteiger partial charge is 0.355 e. The van der Waals surface area contributed by atoms with Crippen molar-refractivity contribution in [1.82, 2.24) is 16.0 Å². The Hall–Kier alpha value is -0.810. The van der Waals surface area contributed by atoms with Gasteiger partial charge in [-0.1, -0.05) is 25.7 Å². The summed E-state index contributed by atoms with van der Waals surface area (Å²) >= 11 is 0. The van der Waals surface area contributed by atoms with Crippen LogP contribution in [0.25, 0.3) is 0 Å². The topological polar surface area (TPSA) is 70.2 Å². The van der Waals surface area contributed by atoms with E-state index in [0.29, 0.717) is 32.0 Å². The summed E-state index contributed by atoms with van der Waals surface area (Å²) in [6, 6.07) is 0.628. The average Bonchev–Trinajstić information content (AvgIpc) is 2.73. The van der Waals surface area contributed by atoms with Crippen LogP contribution >= 0.6 is 12.4 Å². The first kappa shape index (κ1) is 18.2. The minimum absolute atomic E-state index is 0. The van der Waals surface area contributed by atoms with Gasteiger partial charge >= 0.3 is 0 Å². The van der Waals surface area contributed by atoms with Gasteiger partial charge in [-0.15, -0.1) is 12.4 Å². The SMILES string of the molecule is Cl.O=C1CCC(C(=O)NCCNC2CCCCCC2)CN1. The maximum absolute atomic E-state index is 11.9. The number of nitrogens with one attached hydrogen (secondary N) is 3. The van der Waals surface area contributed by atoms with E-state index in [2.05, 4.69) is 16.0 Å². The van der Waals surface area contributed by atoms with Gasteiger partial charge in [-0.05, 0) is 19.3 Å². The highest BCUT2D eigenvalue weighted by Gasteiger charge is 2.23. The van der Waals surface area contributed by atoms with Crippen molar-refractivity contribution < 1.29 is 9.59 Å². The maximum Gasteiger partial charge on any atom is 0.224 e. The van der Waals surface area contributed by atoms with E-state index in [1.165, 1.54) is 38.5 Å². The molecule has 0 bridgehead atoms. The van der Waals surface area contributed by atoms with Crippen LogP contribution in [0.15, 0.2) is 0 Å². The molecule has 1 saturated heterocycles. The molecule has 1 aliphatic heterocycles. The van der Waals surface area contributed by atoms with Crippen molar-refractivity contribution in [3.8, 4) is 0 Å². The van der Waals surface area contributed by atoms with Crippen LogP contribution in [0.2, 0.25) is 0 Å². The van der Waals surface area contributed by atoms with Crippen LogP contribution in [0, 0.1) is 5.92 Å². The Balaban J connectivity index is 0.00000220. The standard InChI is InChI=1S/C15H27N3O2.ClH/c19-14-8-7-12(11-18-14)15(20)17-10-9-16-13-5-3-1-2-4-6-13;/h12-13,16H,1-11H2,(H,17,20)(H,18,19);1H. The molecule has 0 spiro atoms. The molecule has 2 aliphatic rings. The predicted octanol–water partition coefficient (Wildman–Crippen LogP) is 1.36. The third kappa shape index (κ3) is 6.66. The molecule has 2 amide bonds. The van der Waals surface area contributed by atoms with Gasteiger partial charge in [0.25, 0.3) is 0 Å². The molecule has 1 saturated carbocycles. The second-order valence-electron chi connectivity index (χ2n) is 5.97. The molecule has 3 N–H and O–H groups in total. The van der Waals surface area contributed by atoms with Crippen molar-refractivity contribution >= 4 is 24.2 Å². The Morgan fingerprint density at radius 3 is 2.43 bits per heavy atom. The monoisotopic (exact) mass is 317 g/mol. The molecule has 0 aromatic heterocycles. The summed E-state index contributed by atoms with van der Waals surface area (Å²) in [6.45, 7) is 2.01. The Bertz CT molecular complexity index is 321. The summed E-state index contributed by atoms with van der Waals surface area (Å²) in [7, 11) is 0. The zero-order valence-electron chi connectivity index (χ0n) is 12.7. The molecule has 2 fully saturated rings. The van der Waals surface area contributed by atoms with Crippen LogP contribution in [0.1, 0.15) is 51.4 Å². The van der Waals surface area contributed by atoms with Crippen molar-refractivity contribution in [2.45, 2.75) is 57.4 Å². The van der Waals surface area contributed by atoms with Gasteiger partial charge < -0.3 is 16.0 Å². The lowest BCUT2D eigenvalue weighted by Crippen LogP contribution is -2.45. The summed E-state index contributed by atoms with van der Waals surface area (Å²) < 4.78 is 0. The molecule has 1 atom stereocenters. The first-order valence-corrected chi connectivity index (χ1v) is 8.03. The van der Waals surface area contributed by atoms with Crippen LogP contribution in [0.3, 0.4) is 0 Å². The van der Waals surface area contributed by atoms with Crippen molar-refractivity contribution in [2.75, 3.05) is 19.6 Å². The molecule has 6 heteroatoms. The highest BCUT2D eigenvalue weighted by Crippen LogP contribution is 2.16. The summed E-state index contributed by atoms with van der Waals surface area (Å²) in [5, 5.41) is 9.26. The van der Waals surface area contributed by atoms with Crippen molar-refractivity contribution in [2.24, 2.45) is 5.92 Å². The highest BCUT2D eigenvalue weighted by atomic mass is 35.5. The summed E-state index contributed by atoms with van der Waals surface area (Å²) in [4.78, 5) is 23.0. The fourth-order valence-electron chi connectivity index (χ4n) is 3.05. The Kier molecular flexibility index (Phi) is 8.69. The van der Waals surface area contributed by atoms with Gasteiger partial charge in [0, 0.05) is 32.1 Å². The third-order valence-electron chi connectivity index (χ3n) is 4.35. The normalized spacial score (nSPS) is 23.6. The third-order valence-corrected chi connectivity index (χ3v) is 4.35. The molecule has 1 aliphatic carbocycles. The minimum atomic E-state index is -0.0504. The molecule has 21 heavy (non-hydrogen) atoms. The summed E-state index contributed by atoms with van der Waals surface area (Å²) in [5.41, 5.74) is 0. The molecular formula is C15H28ClN3O2. The predicted molar refractivity (Wildman–Crippen MR) is 85.5 cm³/mol. The number of halogens is 1. The Labute approximate surface area is 133 Å². The second-order valence-corrected chi connectivity index (χ2v) is 5.97. The number of hydrogen-bond donors (Lipinski definition) is 3. The molecule has 0 radical (unpaired) electrons. The maximum atomic E-state index is 11.9. The lowest BCUT2D eigenvalue weighted by atomic mass is 9.98. The van der Waals surface area contributed by atoms with Gasteiger partial charge in [0.15, 0.2) is 0 Å². The first-order chi connectivity index (χ1) is 9.75. The van der Waals surface area contributed by atoms with Crippen LogP contribution < -0.4 is 16.0 Å². The zero-order chi connectivity index (χ0) is 14.2. The lowest BCUT2D eigenvalue weighted by molar-refractivity contribution is -0.128. The molecule has 122 valence electrons. The van der Waals surface area contributed by atoms with Crippen LogP contribution in [-0.2, 0) is 9.59 Å². The van der Waals surface area contributed by atoms with Gasteiger partial charge in [-0.3, -0.25) is 9.59 Å². The van der Waals surface area contributed by atoms with E-state index in [1.54, 1.807) is 0 Å². The van der Waals surface area contributed by atoms with Gasteiger partial charge in [0.2, 0.25) is 11.8 Å². The number of carbonyl (C=O) groups excluding carboxylic acids is 2. The molecule has 5 nitrogen and oxygen atoms in total. The van der Waals surface area contributed by atoms with Gasteiger partial charge in [-0.2, -0.15) is 0 Å². The average molecular weight is 318 g/mol. The van der Waals surface area contributed by atoms with Crippen LogP contribution in [-0.4, -0.2) is 37.5 Å². The fraction of sp³-hybridized carbons (Fsp3) is 0.867. The van der Waals surface area contributed by atoms with E-state index in [9.17, 15) is 9.59 Å². The Morgan fingerprint density at radius 2 is 1.81 bits per heavy atom. The lowest BCUT2D eigenvalue weighted by Gasteiger charge is -2.22. The zero-order valence-corrected chi connectivity index (χ0v) is 13.5. The minimum Gasteiger partial charge on any atom is -0.355 e. The molecule has 2 rings (SSSR count). The van der Waals surface area contributed by atoms with E-state index in [1.807, 2.05) is 0 Å². The molecule has 1 unspecified atom stereocenters. The van der Waals surface area contributed by atoms with Crippen LogP contribution in [0.4, 0.5) is 0 Å². The smallest absolute Gasteiger partial charge is 0.224 e. The van der Waals surface area contributed by atoms with E-state index in [4.69, 9.17) is 0 Å². The van der Waals surface area contributed by atoms with E-state index < -0.39 is 0 Å². The van der Waals surface area contributed by atoms with Crippen molar-refractivity contribution in [3.63, 3.8) is 0 Å². The molecule has 0 aromatic carbocycles. The quantitative estimate of drug-likeness (QED) is 0.530. The number of rotatable bonds is 5. The summed E-state index contributed by atoms with van der Waals surface area (Å²) in [5.74, 6) is 0.0855. The van der Waals surface area contributed by atoms with Gasteiger partial charge in [0.05, 0.1) is 5.92 Å². The number of carbonyl (C=O) groups is 2. The van der Waals surface area contributed by atoms with Crippen molar-refractivity contribution in [1.29, 1.82) is 0 Å². The molecule has 1 heterocycles. The number of amides is 2. The van der Waals surface area contributed by atoms with Gasteiger partial charge in [-0.25, -0.2) is 0 Å². The van der Waals surface area contributed by atoms with E-state index in [-0.39, 0.29) is 30.1 Å². The number of hydrogen-bond acceptors (Lipinski definition) is 3.